The second kappa shape index (κ2) is 5.76. The van der Waals surface area contributed by atoms with Gasteiger partial charge in [0.1, 0.15) is 5.60 Å². The van der Waals surface area contributed by atoms with Gasteiger partial charge in [-0.25, -0.2) is 0 Å². The first kappa shape index (κ1) is 19.8. The molecule has 5 rings (SSSR count). The summed E-state index contributed by atoms with van der Waals surface area (Å²) in [5.41, 5.74) is -0.116. The van der Waals surface area contributed by atoms with E-state index in [-0.39, 0.29) is 41.2 Å². The van der Waals surface area contributed by atoms with Crippen LogP contribution >= 0.6 is 0 Å². The van der Waals surface area contributed by atoms with Crippen molar-refractivity contribution in [1.82, 2.24) is 0 Å². The first-order chi connectivity index (χ1) is 13.5. The van der Waals surface area contributed by atoms with Crippen LogP contribution in [0.15, 0.2) is 12.2 Å². The molecule has 1 saturated heterocycles. The number of hydrogen-bond donors (Lipinski definition) is 0. The maximum Gasteiger partial charge on any atom is 0.312 e. The molecule has 0 N–H and O–H groups in total. The summed E-state index contributed by atoms with van der Waals surface area (Å²) in [5.74, 6) is -0.206. The van der Waals surface area contributed by atoms with E-state index in [4.69, 9.17) is 13.9 Å². The zero-order valence-corrected chi connectivity index (χ0v) is 19.4. The van der Waals surface area contributed by atoms with Gasteiger partial charge in [-0.05, 0) is 70.5 Å². The van der Waals surface area contributed by atoms with Gasteiger partial charge in [-0.15, -0.1) is 0 Å². The highest BCUT2D eigenvalue weighted by Crippen LogP contribution is 2.78. The topological polar surface area (TPSA) is 61.8 Å². The molecule has 1 spiro atoms. The van der Waals surface area contributed by atoms with Crippen LogP contribution in [0.1, 0.15) is 45.4 Å². The predicted octanol–water partition coefficient (Wildman–Crippen LogP) is 4.08. The molecule has 0 radical (unpaired) electrons. The van der Waals surface area contributed by atoms with Crippen molar-refractivity contribution in [2.24, 2.45) is 34.5 Å². The van der Waals surface area contributed by atoms with Crippen LogP contribution in [0.5, 0.6) is 0 Å². The quantitative estimate of drug-likeness (QED) is 0.393. The van der Waals surface area contributed by atoms with Crippen LogP contribution in [0.3, 0.4) is 0 Å². The maximum absolute atomic E-state index is 13.2. The second-order valence-corrected chi connectivity index (χ2v) is 16.0. The first-order valence-electron chi connectivity index (χ1n) is 11.2. The molecule has 5 aliphatic rings. The van der Waals surface area contributed by atoms with Crippen molar-refractivity contribution in [2.75, 3.05) is 7.11 Å². The molecule has 29 heavy (non-hydrogen) atoms. The highest BCUT2D eigenvalue weighted by Gasteiger charge is 2.82. The number of carbonyl (C=O) groups is 2. The summed E-state index contributed by atoms with van der Waals surface area (Å²) in [6.45, 7) is 13.2. The minimum atomic E-state index is -1.74. The Hall–Kier alpha value is -1.14. The largest absolute Gasteiger partial charge is 0.469 e. The molecular formula is C23H34O5Si. The van der Waals surface area contributed by atoms with Crippen molar-refractivity contribution in [2.45, 2.75) is 76.8 Å². The molecule has 5 nitrogen and oxygen atoms in total. The molecule has 2 unspecified atom stereocenters. The molecule has 4 bridgehead atoms. The number of methoxy groups -OCH3 is 1. The van der Waals surface area contributed by atoms with Crippen LogP contribution in [0.4, 0.5) is 0 Å². The zero-order valence-electron chi connectivity index (χ0n) is 18.4. The number of ether oxygens (including phenoxy) is 2. The van der Waals surface area contributed by atoms with Crippen LogP contribution in [-0.2, 0) is 23.5 Å². The average Bonchev–Trinajstić information content (AvgIpc) is 3.08. The number of rotatable bonds is 3. The fraction of sp³-hybridized carbons (Fsp3) is 0.826. The van der Waals surface area contributed by atoms with Crippen LogP contribution in [0.2, 0.25) is 19.6 Å². The lowest BCUT2D eigenvalue weighted by atomic mass is 9.60. The molecule has 8 atom stereocenters. The highest BCUT2D eigenvalue weighted by molar-refractivity contribution is 6.69. The summed E-state index contributed by atoms with van der Waals surface area (Å²) >= 11 is 0. The summed E-state index contributed by atoms with van der Waals surface area (Å²) in [6, 6.07) is 0. The van der Waals surface area contributed by atoms with E-state index >= 15 is 0 Å². The summed E-state index contributed by atoms with van der Waals surface area (Å²) in [4.78, 5) is 26.3. The maximum atomic E-state index is 13.2. The van der Waals surface area contributed by atoms with E-state index in [1.165, 1.54) is 12.7 Å². The van der Waals surface area contributed by atoms with Crippen molar-refractivity contribution < 1.29 is 23.5 Å². The summed E-state index contributed by atoms with van der Waals surface area (Å²) in [6.07, 6.45) is 5.36. The second-order valence-electron chi connectivity index (χ2n) is 11.5. The van der Waals surface area contributed by atoms with Crippen LogP contribution in [0.25, 0.3) is 0 Å². The molecule has 1 heterocycles. The van der Waals surface area contributed by atoms with Gasteiger partial charge in [0.15, 0.2) is 8.32 Å². The van der Waals surface area contributed by atoms with Gasteiger partial charge in [-0.3, -0.25) is 9.59 Å². The molecule has 0 aromatic carbocycles. The molecule has 0 aromatic rings. The number of hydrogen-bond acceptors (Lipinski definition) is 5. The highest BCUT2D eigenvalue weighted by atomic mass is 28.4. The molecule has 4 saturated carbocycles. The normalized spacial score (nSPS) is 50.2. The molecule has 160 valence electrons. The fourth-order valence-corrected chi connectivity index (χ4v) is 9.52. The minimum absolute atomic E-state index is 0.0918. The smallest absolute Gasteiger partial charge is 0.312 e. The van der Waals surface area contributed by atoms with E-state index < -0.39 is 19.3 Å². The van der Waals surface area contributed by atoms with Gasteiger partial charge in [0.25, 0.3) is 0 Å². The van der Waals surface area contributed by atoms with Crippen LogP contribution < -0.4 is 0 Å². The third-order valence-electron chi connectivity index (χ3n) is 9.02. The Morgan fingerprint density at radius 2 is 2.00 bits per heavy atom. The van der Waals surface area contributed by atoms with E-state index in [1.54, 1.807) is 0 Å². The lowest BCUT2D eigenvalue weighted by Gasteiger charge is -2.47. The Morgan fingerprint density at radius 3 is 2.66 bits per heavy atom. The van der Waals surface area contributed by atoms with E-state index in [1.807, 2.05) is 6.92 Å². The summed E-state index contributed by atoms with van der Waals surface area (Å²) < 4.78 is 18.4. The average molecular weight is 419 g/mol. The molecular weight excluding hydrogens is 384 g/mol. The molecule has 5 fully saturated rings. The standard InChI is InChI=1S/C23H34O5Si/c1-13-11-22-12-14(13)15(28-29(4,5)6)10-16(22)23-9-7-8-21(2,20(25)27-23)18(23)17(22)19(24)26-3/h14-18H,1,7-12H2,2-6H3/t14?,15-,16-,17-,18-,21?,22+,23-/m1/s1. The third kappa shape index (κ3) is 2.30. The van der Waals surface area contributed by atoms with Crippen molar-refractivity contribution in [3.63, 3.8) is 0 Å². The van der Waals surface area contributed by atoms with E-state index in [0.29, 0.717) is 5.92 Å². The lowest BCUT2D eigenvalue weighted by molar-refractivity contribution is -0.163. The van der Waals surface area contributed by atoms with Crippen molar-refractivity contribution in [3.05, 3.63) is 12.2 Å². The fourth-order valence-electron chi connectivity index (χ4n) is 8.35. The van der Waals surface area contributed by atoms with E-state index in [0.717, 1.165) is 38.5 Å². The Bertz CT molecular complexity index is 802. The first-order valence-corrected chi connectivity index (χ1v) is 14.6. The van der Waals surface area contributed by atoms with Gasteiger partial charge >= 0.3 is 11.9 Å². The summed E-state index contributed by atoms with van der Waals surface area (Å²) in [5, 5.41) is 0. The van der Waals surface area contributed by atoms with Gasteiger partial charge in [0.05, 0.1) is 24.5 Å². The Morgan fingerprint density at radius 1 is 1.28 bits per heavy atom. The Balaban J connectivity index is 1.66. The van der Waals surface area contributed by atoms with Crippen LogP contribution in [0, 0.1) is 34.5 Å². The van der Waals surface area contributed by atoms with E-state index in [9.17, 15) is 9.59 Å². The van der Waals surface area contributed by atoms with Crippen LogP contribution in [-0.4, -0.2) is 39.1 Å². The zero-order chi connectivity index (χ0) is 21.0. The molecule has 0 amide bonds. The van der Waals surface area contributed by atoms with Gasteiger partial charge in [-0.2, -0.15) is 0 Å². The number of fused-ring (bicyclic) bond motifs is 1. The lowest BCUT2D eigenvalue weighted by Crippen LogP contribution is -2.50. The van der Waals surface area contributed by atoms with Gasteiger partial charge in [-0.1, -0.05) is 12.2 Å². The van der Waals surface area contributed by atoms with Gasteiger partial charge in [0.2, 0.25) is 0 Å². The number of esters is 2. The summed E-state index contributed by atoms with van der Waals surface area (Å²) in [7, 11) is -0.260. The SMILES string of the molecule is C=C1C[C@]23CC1[C@H](O[Si](C)(C)C)C[C@H]2[C@@]12CCCC(C)(C(=O)O1)[C@H]2[C@@H]3C(=O)OC. The van der Waals surface area contributed by atoms with Crippen molar-refractivity contribution in [3.8, 4) is 0 Å². The molecule has 0 aromatic heterocycles. The third-order valence-corrected chi connectivity index (χ3v) is 10.0. The monoisotopic (exact) mass is 418 g/mol. The van der Waals surface area contributed by atoms with Crippen molar-refractivity contribution >= 4 is 20.3 Å². The molecule has 6 heteroatoms. The number of carbonyl (C=O) groups excluding carboxylic acids is 2. The molecule has 1 aliphatic heterocycles. The Labute approximate surface area is 174 Å². The van der Waals surface area contributed by atoms with E-state index in [2.05, 4.69) is 26.2 Å². The minimum Gasteiger partial charge on any atom is -0.469 e. The van der Waals surface area contributed by atoms with Crippen molar-refractivity contribution in [1.29, 1.82) is 0 Å². The molecule has 4 aliphatic carbocycles. The van der Waals surface area contributed by atoms with Gasteiger partial charge in [0, 0.05) is 17.8 Å². The van der Waals surface area contributed by atoms with Gasteiger partial charge < -0.3 is 13.9 Å². The predicted molar refractivity (Wildman–Crippen MR) is 110 cm³/mol. The Kier molecular flexibility index (Phi) is 3.93.